The molecule has 1 fully saturated rings. The summed E-state index contributed by atoms with van der Waals surface area (Å²) >= 11 is 1.14. The lowest BCUT2D eigenvalue weighted by Gasteiger charge is -2.32. The van der Waals surface area contributed by atoms with E-state index in [1.54, 1.807) is 17.5 Å². The van der Waals surface area contributed by atoms with Gasteiger partial charge in [0.25, 0.3) is 10.0 Å². The Morgan fingerprint density at radius 3 is 2.83 bits per heavy atom. The summed E-state index contributed by atoms with van der Waals surface area (Å²) in [5, 5.41) is 12.3. The maximum absolute atomic E-state index is 13.0. The van der Waals surface area contributed by atoms with Crippen molar-refractivity contribution < 1.29 is 17.6 Å². The van der Waals surface area contributed by atoms with Gasteiger partial charge >= 0.3 is 6.01 Å². The third-order valence-electron chi connectivity index (χ3n) is 5.09. The summed E-state index contributed by atoms with van der Waals surface area (Å²) < 4.78 is 33.1. The first-order chi connectivity index (χ1) is 14.4. The van der Waals surface area contributed by atoms with Crippen LogP contribution in [0.25, 0.3) is 11.5 Å². The highest BCUT2D eigenvalue weighted by Crippen LogP contribution is 2.29. The van der Waals surface area contributed by atoms with Gasteiger partial charge in [-0.25, -0.2) is 8.42 Å². The molecule has 2 aromatic heterocycles. The van der Waals surface area contributed by atoms with Crippen LogP contribution in [0, 0.1) is 13.8 Å². The summed E-state index contributed by atoms with van der Waals surface area (Å²) in [4.78, 5) is 12.9. The van der Waals surface area contributed by atoms with Crippen LogP contribution in [0.3, 0.4) is 0 Å². The first-order valence-corrected chi connectivity index (χ1v) is 12.0. The van der Waals surface area contributed by atoms with Gasteiger partial charge in [0.1, 0.15) is 10.3 Å². The van der Waals surface area contributed by atoms with Gasteiger partial charge in [-0.3, -0.25) is 10.1 Å². The number of hydrogen-bond donors (Lipinski definition) is 1. The lowest BCUT2D eigenvalue weighted by Crippen LogP contribution is -2.49. The fraction of sp³-hybridized carbons (Fsp3) is 0.350. The van der Waals surface area contributed by atoms with Crippen LogP contribution in [0.15, 0.2) is 44.3 Å². The molecule has 3 heterocycles. The summed E-state index contributed by atoms with van der Waals surface area (Å²) in [6.45, 7) is 4.20. The third kappa shape index (κ3) is 4.03. The van der Waals surface area contributed by atoms with E-state index >= 15 is 0 Å². The molecule has 0 radical (unpaired) electrons. The van der Waals surface area contributed by atoms with Crippen molar-refractivity contribution in [3.63, 3.8) is 0 Å². The highest BCUT2D eigenvalue weighted by molar-refractivity contribution is 7.91. The number of aromatic nitrogens is 2. The minimum absolute atomic E-state index is 0.0463. The Bertz CT molecular complexity index is 1160. The second-order valence-electron chi connectivity index (χ2n) is 7.28. The molecule has 1 aliphatic rings. The quantitative estimate of drug-likeness (QED) is 0.642. The van der Waals surface area contributed by atoms with E-state index in [-0.39, 0.29) is 10.2 Å². The van der Waals surface area contributed by atoms with Crippen LogP contribution in [0.5, 0.6) is 0 Å². The summed E-state index contributed by atoms with van der Waals surface area (Å²) in [6, 6.07) is 8.26. The molecular formula is C20H22N4O4S2. The minimum atomic E-state index is -3.73. The number of nitrogens with one attached hydrogen (secondary N) is 1. The molecule has 8 nitrogen and oxygen atoms in total. The average molecular weight is 447 g/mol. The predicted octanol–water partition coefficient (Wildman–Crippen LogP) is 3.60. The van der Waals surface area contributed by atoms with Crippen molar-refractivity contribution in [2.75, 3.05) is 11.9 Å². The van der Waals surface area contributed by atoms with Crippen molar-refractivity contribution in [1.82, 2.24) is 14.5 Å². The van der Waals surface area contributed by atoms with Crippen molar-refractivity contribution in [3.8, 4) is 11.5 Å². The number of sulfonamides is 1. The topological polar surface area (TPSA) is 105 Å². The van der Waals surface area contributed by atoms with E-state index in [1.807, 2.05) is 32.0 Å². The van der Waals surface area contributed by atoms with Gasteiger partial charge in [-0.15, -0.1) is 16.4 Å². The number of benzene rings is 1. The second kappa shape index (κ2) is 8.29. The standard InChI is InChI=1S/C20H22N4O4S2/c1-13-8-9-14(2)15(12-13)19-22-23-20(28-19)21-18(25)16-6-3-4-10-24(16)30(26,27)17-7-5-11-29-17/h5,7-9,11-12,16H,3-4,6,10H2,1-2H3,(H,21,23,25)/t16-/m0/s1. The molecule has 1 N–H and O–H groups in total. The van der Waals surface area contributed by atoms with Crippen molar-refractivity contribution >= 4 is 33.3 Å². The Labute approximate surface area is 179 Å². The zero-order valence-corrected chi connectivity index (χ0v) is 18.3. The lowest BCUT2D eigenvalue weighted by atomic mass is 10.0. The maximum Gasteiger partial charge on any atom is 0.322 e. The number of nitrogens with zero attached hydrogens (tertiary/aromatic N) is 3. The molecule has 30 heavy (non-hydrogen) atoms. The zero-order valence-electron chi connectivity index (χ0n) is 16.7. The summed E-state index contributed by atoms with van der Waals surface area (Å²) in [5.41, 5.74) is 2.82. The highest BCUT2D eigenvalue weighted by Gasteiger charge is 2.38. The Hall–Kier alpha value is -2.56. The summed E-state index contributed by atoms with van der Waals surface area (Å²) in [6.07, 6.45) is 1.92. The molecule has 0 bridgehead atoms. The summed E-state index contributed by atoms with van der Waals surface area (Å²) in [5.74, 6) is -0.163. The monoisotopic (exact) mass is 446 g/mol. The Morgan fingerprint density at radius 1 is 1.23 bits per heavy atom. The van der Waals surface area contributed by atoms with E-state index < -0.39 is 22.0 Å². The van der Waals surface area contributed by atoms with Gasteiger partial charge in [0.2, 0.25) is 11.8 Å². The van der Waals surface area contributed by atoms with Crippen molar-refractivity contribution in [1.29, 1.82) is 0 Å². The Kier molecular flexibility index (Phi) is 5.72. The Morgan fingerprint density at radius 2 is 2.07 bits per heavy atom. The Balaban J connectivity index is 1.54. The van der Waals surface area contributed by atoms with Crippen molar-refractivity contribution in [3.05, 3.63) is 46.8 Å². The van der Waals surface area contributed by atoms with Crippen LogP contribution >= 0.6 is 11.3 Å². The molecule has 1 atom stereocenters. The van der Waals surface area contributed by atoms with Crippen LogP contribution in [0.1, 0.15) is 30.4 Å². The van der Waals surface area contributed by atoms with E-state index in [0.717, 1.165) is 34.4 Å². The number of anilines is 1. The normalized spacial score (nSPS) is 17.7. The van der Waals surface area contributed by atoms with Gasteiger partial charge in [-0.2, -0.15) is 4.31 Å². The number of amides is 1. The fourth-order valence-corrected chi connectivity index (χ4v) is 6.29. The highest BCUT2D eigenvalue weighted by atomic mass is 32.2. The number of carbonyl (C=O) groups excluding carboxylic acids is 1. The van der Waals surface area contributed by atoms with Crippen LogP contribution < -0.4 is 5.32 Å². The molecule has 4 rings (SSSR count). The number of carbonyl (C=O) groups is 1. The van der Waals surface area contributed by atoms with Gasteiger partial charge in [0.05, 0.1) is 0 Å². The van der Waals surface area contributed by atoms with E-state index in [2.05, 4.69) is 15.5 Å². The number of rotatable bonds is 5. The SMILES string of the molecule is Cc1ccc(C)c(-c2nnc(NC(=O)[C@@H]3CCCCN3S(=O)(=O)c3cccs3)o2)c1. The van der Waals surface area contributed by atoms with E-state index in [1.165, 1.54) is 4.31 Å². The number of hydrogen-bond acceptors (Lipinski definition) is 7. The molecule has 10 heteroatoms. The van der Waals surface area contributed by atoms with Crippen LogP contribution in [0.4, 0.5) is 6.01 Å². The molecule has 0 unspecified atom stereocenters. The molecule has 3 aromatic rings. The molecule has 1 saturated heterocycles. The fourth-order valence-electron chi connectivity index (χ4n) is 3.52. The van der Waals surface area contributed by atoms with Gasteiger partial charge in [0.15, 0.2) is 0 Å². The first kappa shape index (κ1) is 20.7. The molecule has 0 spiro atoms. The largest absolute Gasteiger partial charge is 0.403 e. The number of aryl methyl sites for hydroxylation is 2. The van der Waals surface area contributed by atoms with Gasteiger partial charge < -0.3 is 4.42 Å². The van der Waals surface area contributed by atoms with E-state index in [9.17, 15) is 13.2 Å². The number of thiophene rings is 1. The van der Waals surface area contributed by atoms with Gasteiger partial charge in [0, 0.05) is 12.1 Å². The molecule has 1 aliphatic heterocycles. The van der Waals surface area contributed by atoms with E-state index in [0.29, 0.717) is 25.3 Å². The van der Waals surface area contributed by atoms with Crippen LogP contribution in [0.2, 0.25) is 0 Å². The van der Waals surface area contributed by atoms with Gasteiger partial charge in [-0.05, 0) is 49.8 Å². The smallest absolute Gasteiger partial charge is 0.322 e. The first-order valence-electron chi connectivity index (χ1n) is 9.63. The van der Waals surface area contributed by atoms with E-state index in [4.69, 9.17) is 4.42 Å². The maximum atomic E-state index is 13.0. The molecule has 1 amide bonds. The molecule has 0 saturated carbocycles. The average Bonchev–Trinajstić information content (AvgIpc) is 3.42. The third-order valence-corrected chi connectivity index (χ3v) is 8.37. The number of piperidine rings is 1. The van der Waals surface area contributed by atoms with Crippen molar-refractivity contribution in [2.45, 2.75) is 43.4 Å². The predicted molar refractivity (Wildman–Crippen MR) is 114 cm³/mol. The van der Waals surface area contributed by atoms with Crippen LogP contribution in [-0.2, 0) is 14.8 Å². The summed E-state index contributed by atoms with van der Waals surface area (Å²) in [7, 11) is -3.73. The van der Waals surface area contributed by atoms with Crippen molar-refractivity contribution in [2.24, 2.45) is 0 Å². The van der Waals surface area contributed by atoms with Gasteiger partial charge in [-0.1, -0.05) is 35.3 Å². The zero-order chi connectivity index (χ0) is 21.3. The molecule has 158 valence electrons. The second-order valence-corrected chi connectivity index (χ2v) is 10.3. The minimum Gasteiger partial charge on any atom is -0.403 e. The molecular weight excluding hydrogens is 424 g/mol. The van der Waals surface area contributed by atoms with Crippen LogP contribution in [-0.4, -0.2) is 41.4 Å². The molecule has 1 aromatic carbocycles. The lowest BCUT2D eigenvalue weighted by molar-refractivity contribution is -0.120. The molecule has 0 aliphatic carbocycles.